The third kappa shape index (κ3) is 3.00. The molecule has 4 nitrogen and oxygen atoms in total. The van der Waals surface area contributed by atoms with Crippen LogP contribution in [0.4, 0.5) is 5.69 Å². The second-order valence-electron chi connectivity index (χ2n) is 5.19. The van der Waals surface area contributed by atoms with Crippen molar-refractivity contribution in [3.05, 3.63) is 62.5 Å². The first-order chi connectivity index (χ1) is 10.1. The molecule has 1 amide bonds. The molecule has 2 aromatic rings. The van der Waals surface area contributed by atoms with Gasteiger partial charge in [0.25, 0.3) is 11.5 Å². The number of fused-ring (bicyclic) bond motifs is 1. The van der Waals surface area contributed by atoms with Crippen LogP contribution in [0.25, 0.3) is 0 Å². The Morgan fingerprint density at radius 1 is 1.19 bits per heavy atom. The molecule has 2 N–H and O–H groups in total. The number of H-pyrrole nitrogens is 1. The van der Waals surface area contributed by atoms with Crippen LogP contribution < -0.4 is 10.9 Å². The van der Waals surface area contributed by atoms with Crippen LogP contribution in [0, 0.1) is 0 Å². The summed E-state index contributed by atoms with van der Waals surface area (Å²) in [5, 5.41) is 3.24. The summed E-state index contributed by atoms with van der Waals surface area (Å²) in [6.45, 7) is 0. The first-order valence-electron chi connectivity index (χ1n) is 6.95. The van der Waals surface area contributed by atoms with Crippen LogP contribution in [0.15, 0.2) is 35.1 Å². The topological polar surface area (TPSA) is 62.0 Å². The lowest BCUT2D eigenvalue weighted by Crippen LogP contribution is -2.26. The Labute approximate surface area is 127 Å². The molecule has 1 aromatic heterocycles. The monoisotopic (exact) mass is 302 g/mol. The molecule has 1 aliphatic carbocycles. The van der Waals surface area contributed by atoms with Crippen LogP contribution in [0.5, 0.6) is 0 Å². The van der Waals surface area contributed by atoms with E-state index in [2.05, 4.69) is 10.3 Å². The maximum atomic E-state index is 12.3. The average Bonchev–Trinajstić information content (AvgIpc) is 2.46. The Bertz CT molecular complexity index is 752. The molecule has 1 aromatic carbocycles. The maximum absolute atomic E-state index is 12.3. The van der Waals surface area contributed by atoms with E-state index in [1.165, 1.54) is 0 Å². The lowest BCUT2D eigenvalue weighted by Gasteiger charge is -2.16. The second kappa shape index (κ2) is 5.74. The van der Waals surface area contributed by atoms with Crippen molar-refractivity contribution in [1.82, 2.24) is 4.98 Å². The number of hydrogen-bond acceptors (Lipinski definition) is 2. The lowest BCUT2D eigenvalue weighted by molar-refractivity contribution is 0.102. The van der Waals surface area contributed by atoms with Crippen molar-refractivity contribution < 1.29 is 4.79 Å². The summed E-state index contributed by atoms with van der Waals surface area (Å²) in [6, 6.07) is 8.56. The Hall–Kier alpha value is -2.07. The molecule has 5 heteroatoms. The molecule has 1 heterocycles. The van der Waals surface area contributed by atoms with Gasteiger partial charge in [-0.1, -0.05) is 17.7 Å². The first kappa shape index (κ1) is 13.9. The van der Waals surface area contributed by atoms with Gasteiger partial charge in [-0.05, 0) is 55.5 Å². The molecule has 0 radical (unpaired) electrons. The van der Waals surface area contributed by atoms with Crippen molar-refractivity contribution in [1.29, 1.82) is 0 Å². The number of benzene rings is 1. The van der Waals surface area contributed by atoms with Crippen molar-refractivity contribution in [3.8, 4) is 0 Å². The molecule has 0 aliphatic heterocycles. The Kier molecular flexibility index (Phi) is 3.80. The maximum Gasteiger partial charge on any atom is 0.261 e. The van der Waals surface area contributed by atoms with E-state index in [9.17, 15) is 9.59 Å². The standard InChI is InChI=1S/C16H15ClN2O2/c17-11-5-3-6-12(9-11)18-15(20)13-8-10-4-1-2-7-14(10)19-16(13)21/h3,5-6,8-9H,1-2,4,7H2,(H,18,20)(H,19,21). The molecule has 0 fully saturated rings. The van der Waals surface area contributed by atoms with Crippen molar-refractivity contribution in [2.75, 3.05) is 5.32 Å². The number of aromatic amines is 1. The lowest BCUT2D eigenvalue weighted by atomic mass is 9.95. The minimum absolute atomic E-state index is 0.149. The van der Waals surface area contributed by atoms with Crippen LogP contribution in [-0.2, 0) is 12.8 Å². The molecule has 21 heavy (non-hydrogen) atoms. The van der Waals surface area contributed by atoms with E-state index in [1.54, 1.807) is 30.3 Å². The van der Waals surface area contributed by atoms with E-state index in [1.807, 2.05) is 0 Å². The third-order valence-electron chi connectivity index (χ3n) is 3.67. The third-order valence-corrected chi connectivity index (χ3v) is 3.90. The van der Waals surface area contributed by atoms with Gasteiger partial charge in [-0.2, -0.15) is 0 Å². The van der Waals surface area contributed by atoms with E-state index >= 15 is 0 Å². The predicted octanol–water partition coefficient (Wildman–Crippen LogP) is 3.16. The summed E-state index contributed by atoms with van der Waals surface area (Å²) >= 11 is 5.88. The van der Waals surface area contributed by atoms with E-state index < -0.39 is 5.91 Å². The van der Waals surface area contributed by atoms with Gasteiger partial charge < -0.3 is 10.3 Å². The van der Waals surface area contributed by atoms with Crippen molar-refractivity contribution in [2.24, 2.45) is 0 Å². The van der Waals surface area contributed by atoms with Gasteiger partial charge in [0.1, 0.15) is 5.56 Å². The molecule has 0 atom stereocenters. The Balaban J connectivity index is 1.89. The quantitative estimate of drug-likeness (QED) is 0.895. The number of anilines is 1. The van der Waals surface area contributed by atoms with Crippen LogP contribution in [0.3, 0.4) is 0 Å². The summed E-state index contributed by atoms with van der Waals surface area (Å²) in [4.78, 5) is 27.1. The van der Waals surface area contributed by atoms with Crippen molar-refractivity contribution in [2.45, 2.75) is 25.7 Å². The van der Waals surface area contributed by atoms with E-state index in [-0.39, 0.29) is 11.1 Å². The molecule has 0 bridgehead atoms. The number of carbonyl (C=O) groups excluding carboxylic acids is 1. The van der Waals surface area contributed by atoms with Gasteiger partial charge in [-0.3, -0.25) is 9.59 Å². The van der Waals surface area contributed by atoms with Crippen molar-refractivity contribution >= 4 is 23.2 Å². The predicted molar refractivity (Wildman–Crippen MR) is 83.1 cm³/mol. The fraction of sp³-hybridized carbons (Fsp3) is 0.250. The van der Waals surface area contributed by atoms with Crippen molar-refractivity contribution in [3.63, 3.8) is 0 Å². The minimum Gasteiger partial charge on any atom is -0.325 e. The number of rotatable bonds is 2. The molecule has 108 valence electrons. The molecule has 3 rings (SSSR count). The van der Waals surface area contributed by atoms with Gasteiger partial charge in [0.2, 0.25) is 0 Å². The molecule has 1 aliphatic rings. The summed E-state index contributed by atoms with van der Waals surface area (Å²) < 4.78 is 0. The zero-order valence-electron chi connectivity index (χ0n) is 11.4. The summed E-state index contributed by atoms with van der Waals surface area (Å²) in [5.41, 5.74) is 2.41. The normalized spacial score (nSPS) is 13.6. The smallest absolute Gasteiger partial charge is 0.261 e. The number of amides is 1. The number of aryl methyl sites for hydroxylation is 2. The van der Waals surface area contributed by atoms with Gasteiger partial charge in [0.15, 0.2) is 0 Å². The number of hydrogen-bond donors (Lipinski definition) is 2. The minimum atomic E-state index is -0.410. The zero-order chi connectivity index (χ0) is 14.8. The van der Waals surface area contributed by atoms with Crippen LogP contribution >= 0.6 is 11.6 Å². The number of aromatic nitrogens is 1. The number of nitrogens with one attached hydrogen (secondary N) is 2. The molecule has 0 spiro atoms. The van der Waals surface area contributed by atoms with E-state index in [0.29, 0.717) is 10.7 Å². The molecule has 0 unspecified atom stereocenters. The summed E-state index contributed by atoms with van der Waals surface area (Å²) in [6.07, 6.45) is 3.95. The number of pyridine rings is 1. The Morgan fingerprint density at radius 2 is 2.00 bits per heavy atom. The molecule has 0 saturated heterocycles. The van der Waals surface area contributed by atoms with Crippen LogP contribution in [0.2, 0.25) is 5.02 Å². The van der Waals surface area contributed by atoms with Gasteiger partial charge in [-0.25, -0.2) is 0 Å². The van der Waals surface area contributed by atoms with Gasteiger partial charge in [-0.15, -0.1) is 0 Å². The Morgan fingerprint density at radius 3 is 2.81 bits per heavy atom. The highest BCUT2D eigenvalue weighted by Crippen LogP contribution is 2.19. The molecule has 0 saturated carbocycles. The zero-order valence-corrected chi connectivity index (χ0v) is 12.2. The van der Waals surface area contributed by atoms with Crippen LogP contribution in [-0.4, -0.2) is 10.9 Å². The average molecular weight is 303 g/mol. The van der Waals surface area contributed by atoms with E-state index in [0.717, 1.165) is 36.9 Å². The molecular weight excluding hydrogens is 288 g/mol. The van der Waals surface area contributed by atoms with E-state index in [4.69, 9.17) is 11.6 Å². The largest absolute Gasteiger partial charge is 0.325 e. The van der Waals surface area contributed by atoms with Gasteiger partial charge in [0.05, 0.1) is 0 Å². The fourth-order valence-corrected chi connectivity index (χ4v) is 2.80. The van der Waals surface area contributed by atoms with Gasteiger partial charge >= 0.3 is 0 Å². The first-order valence-corrected chi connectivity index (χ1v) is 7.33. The second-order valence-corrected chi connectivity index (χ2v) is 5.62. The number of halogens is 1. The summed E-state index contributed by atoms with van der Waals surface area (Å²) in [7, 11) is 0. The van der Waals surface area contributed by atoms with Crippen LogP contribution in [0.1, 0.15) is 34.5 Å². The SMILES string of the molecule is O=C(Nc1cccc(Cl)c1)c1cc2c([nH]c1=O)CCCC2. The highest BCUT2D eigenvalue weighted by Gasteiger charge is 2.17. The fourth-order valence-electron chi connectivity index (χ4n) is 2.61. The molecular formula is C16H15ClN2O2. The summed E-state index contributed by atoms with van der Waals surface area (Å²) in [5.74, 6) is -0.410. The highest BCUT2D eigenvalue weighted by molar-refractivity contribution is 6.30. The van der Waals surface area contributed by atoms with Gasteiger partial charge in [0, 0.05) is 16.4 Å². The number of carbonyl (C=O) groups is 1. The highest BCUT2D eigenvalue weighted by atomic mass is 35.5.